The highest BCUT2D eigenvalue weighted by atomic mass is 79.9. The highest BCUT2D eigenvalue weighted by Crippen LogP contribution is 2.28. The Morgan fingerprint density at radius 3 is 3.10 bits per heavy atom. The molecule has 0 fully saturated rings. The monoisotopic (exact) mass is 347 g/mol. The molecule has 0 spiro atoms. The summed E-state index contributed by atoms with van der Waals surface area (Å²) >= 11 is 3.46. The van der Waals surface area contributed by atoms with Gasteiger partial charge in [0, 0.05) is 13.1 Å². The van der Waals surface area contributed by atoms with Crippen molar-refractivity contribution in [1.82, 2.24) is 15.1 Å². The summed E-state index contributed by atoms with van der Waals surface area (Å²) in [6.45, 7) is 3.66. The Bertz CT molecular complexity index is 665. The zero-order valence-corrected chi connectivity index (χ0v) is 13.6. The van der Waals surface area contributed by atoms with E-state index in [4.69, 9.17) is 0 Å². The van der Waals surface area contributed by atoms with Gasteiger partial charge in [-0.2, -0.15) is 5.10 Å². The number of aryl methyl sites for hydroxylation is 1. The lowest BCUT2D eigenvalue weighted by atomic mass is 9.91. The van der Waals surface area contributed by atoms with Gasteiger partial charge in [0.05, 0.1) is 16.7 Å². The minimum atomic E-state index is -0.279. The molecule has 3 rings (SSSR count). The minimum Gasteiger partial charge on any atom is -0.303 e. The van der Waals surface area contributed by atoms with Crippen molar-refractivity contribution in [1.29, 1.82) is 0 Å². The second kappa shape index (κ2) is 6.12. The summed E-state index contributed by atoms with van der Waals surface area (Å²) in [6, 6.07) is 7.89. The van der Waals surface area contributed by atoms with Crippen molar-refractivity contribution in [2.24, 2.45) is 0 Å². The van der Waals surface area contributed by atoms with Gasteiger partial charge in [-0.15, -0.1) is 0 Å². The Morgan fingerprint density at radius 1 is 1.48 bits per heavy atom. The summed E-state index contributed by atoms with van der Waals surface area (Å²) in [5, 5.41) is 7.65. The molecule has 0 aliphatic carbocycles. The topological polar surface area (TPSA) is 46.9 Å². The number of carbonyl (C=O) groups excluding carboxylic acids is 1. The van der Waals surface area contributed by atoms with E-state index in [0.29, 0.717) is 5.69 Å². The first-order valence-electron chi connectivity index (χ1n) is 7.29. The highest BCUT2D eigenvalue weighted by Gasteiger charge is 2.30. The predicted octanol–water partition coefficient (Wildman–Crippen LogP) is 3.13. The Hall–Kier alpha value is -1.46. The number of aromatic nitrogens is 2. The van der Waals surface area contributed by atoms with Gasteiger partial charge >= 0.3 is 0 Å². The van der Waals surface area contributed by atoms with Crippen LogP contribution in [0.5, 0.6) is 0 Å². The van der Waals surface area contributed by atoms with Gasteiger partial charge in [-0.05, 0) is 39.9 Å². The van der Waals surface area contributed by atoms with Crippen molar-refractivity contribution < 1.29 is 4.79 Å². The summed E-state index contributed by atoms with van der Waals surface area (Å²) in [5.74, 6) is 0.0833. The number of fused-ring (bicyclic) bond motifs is 1. The first kappa shape index (κ1) is 14.5. The second-order valence-corrected chi connectivity index (χ2v) is 6.12. The maximum Gasteiger partial charge on any atom is 0.203 e. The van der Waals surface area contributed by atoms with Crippen LogP contribution in [0.3, 0.4) is 0 Å². The molecule has 1 aliphatic heterocycles. The first-order valence-corrected chi connectivity index (χ1v) is 8.08. The first-order chi connectivity index (χ1) is 10.2. The van der Waals surface area contributed by atoms with Crippen LogP contribution in [0.15, 0.2) is 34.9 Å². The van der Waals surface area contributed by atoms with Crippen LogP contribution < -0.4 is 5.32 Å². The van der Waals surface area contributed by atoms with Crippen LogP contribution >= 0.6 is 15.9 Å². The number of halogens is 1. The summed E-state index contributed by atoms with van der Waals surface area (Å²) in [5.41, 5.74) is 3.00. The molecular weight excluding hydrogens is 330 g/mol. The van der Waals surface area contributed by atoms with E-state index in [-0.39, 0.29) is 11.8 Å². The van der Waals surface area contributed by atoms with Crippen LogP contribution in [0.25, 0.3) is 0 Å². The van der Waals surface area contributed by atoms with Crippen molar-refractivity contribution in [3.8, 4) is 0 Å². The molecule has 5 heteroatoms. The normalized spacial score (nSPS) is 17.5. The molecule has 1 unspecified atom stereocenters. The molecular formula is C16H18BrN3O. The van der Waals surface area contributed by atoms with Gasteiger partial charge in [0.1, 0.15) is 5.69 Å². The van der Waals surface area contributed by atoms with E-state index in [1.54, 1.807) is 10.9 Å². The van der Waals surface area contributed by atoms with E-state index in [9.17, 15) is 4.79 Å². The number of benzene rings is 1. The van der Waals surface area contributed by atoms with Gasteiger partial charge in [0.2, 0.25) is 5.78 Å². The van der Waals surface area contributed by atoms with Crippen LogP contribution in [0, 0.1) is 0 Å². The van der Waals surface area contributed by atoms with Crippen LogP contribution in [-0.2, 0) is 13.0 Å². The van der Waals surface area contributed by atoms with Crippen LogP contribution in [0.1, 0.15) is 41.0 Å². The van der Waals surface area contributed by atoms with Crippen molar-refractivity contribution in [2.75, 3.05) is 6.54 Å². The van der Waals surface area contributed by atoms with Gasteiger partial charge in [0.25, 0.3) is 0 Å². The van der Waals surface area contributed by atoms with Gasteiger partial charge in [0.15, 0.2) is 0 Å². The van der Waals surface area contributed by atoms with Crippen molar-refractivity contribution >= 4 is 21.7 Å². The number of ketones is 1. The molecule has 1 aliphatic rings. The summed E-state index contributed by atoms with van der Waals surface area (Å²) in [6.07, 6.45) is 3.62. The van der Waals surface area contributed by atoms with E-state index in [1.807, 2.05) is 18.2 Å². The largest absolute Gasteiger partial charge is 0.303 e. The molecule has 110 valence electrons. The number of Topliss-reactive ketones (excluding diaryl/α,β-unsaturated/α-hetero) is 1. The van der Waals surface area contributed by atoms with E-state index >= 15 is 0 Å². The molecule has 0 bridgehead atoms. The van der Waals surface area contributed by atoms with E-state index in [1.165, 1.54) is 5.56 Å². The molecule has 0 saturated carbocycles. The molecule has 0 radical (unpaired) electrons. The zero-order valence-electron chi connectivity index (χ0n) is 12.0. The maximum absolute atomic E-state index is 13.0. The Morgan fingerprint density at radius 2 is 2.29 bits per heavy atom. The quantitative estimate of drug-likeness (QED) is 0.864. The lowest BCUT2D eigenvalue weighted by Gasteiger charge is -2.26. The standard InChI is InChI=1S/C16H18BrN3O/c1-2-9-20-15(13(17)10-19-20)16(21)14-12-6-4-3-5-11(12)7-8-18-14/h3-6,10,14,18H,2,7-9H2,1H3. The molecule has 2 heterocycles. The number of nitrogens with one attached hydrogen (secondary N) is 1. The van der Waals surface area contributed by atoms with Crippen LogP contribution in [0.4, 0.5) is 0 Å². The van der Waals surface area contributed by atoms with Crippen molar-refractivity contribution in [3.05, 3.63) is 51.8 Å². The van der Waals surface area contributed by atoms with Crippen molar-refractivity contribution in [3.63, 3.8) is 0 Å². The Kier molecular flexibility index (Phi) is 4.22. The highest BCUT2D eigenvalue weighted by molar-refractivity contribution is 9.10. The third kappa shape index (κ3) is 2.68. The number of rotatable bonds is 4. The molecule has 1 N–H and O–H groups in total. The summed E-state index contributed by atoms with van der Waals surface area (Å²) < 4.78 is 2.57. The van der Waals surface area contributed by atoms with Gasteiger partial charge < -0.3 is 5.32 Å². The third-order valence-corrected chi connectivity index (χ3v) is 4.42. The van der Waals surface area contributed by atoms with Gasteiger partial charge in [-0.1, -0.05) is 31.2 Å². The predicted molar refractivity (Wildman–Crippen MR) is 85.4 cm³/mol. The van der Waals surface area contributed by atoms with Crippen molar-refractivity contribution in [2.45, 2.75) is 32.4 Å². The number of carbonyl (C=O) groups is 1. The SMILES string of the molecule is CCCn1ncc(Br)c1C(=O)C1NCCc2ccccc21. The lowest BCUT2D eigenvalue weighted by molar-refractivity contribution is 0.0927. The molecule has 0 amide bonds. The fourth-order valence-corrected chi connectivity index (χ4v) is 3.36. The van der Waals surface area contributed by atoms with E-state index in [0.717, 1.165) is 36.0 Å². The Labute approximate surface area is 132 Å². The molecule has 21 heavy (non-hydrogen) atoms. The molecule has 1 atom stereocenters. The van der Waals surface area contributed by atoms with E-state index < -0.39 is 0 Å². The van der Waals surface area contributed by atoms with Gasteiger partial charge in [-0.25, -0.2) is 0 Å². The third-order valence-electron chi connectivity index (χ3n) is 3.83. The number of nitrogens with zero attached hydrogens (tertiary/aromatic N) is 2. The minimum absolute atomic E-state index is 0.0833. The average Bonchev–Trinajstić information content (AvgIpc) is 2.87. The second-order valence-electron chi connectivity index (χ2n) is 5.26. The molecule has 2 aromatic rings. The fourth-order valence-electron chi connectivity index (χ4n) is 2.86. The molecule has 1 aromatic heterocycles. The number of hydrogen-bond acceptors (Lipinski definition) is 3. The molecule has 4 nitrogen and oxygen atoms in total. The van der Waals surface area contributed by atoms with Crippen LogP contribution in [-0.4, -0.2) is 22.1 Å². The lowest BCUT2D eigenvalue weighted by Crippen LogP contribution is -2.36. The number of hydrogen-bond donors (Lipinski definition) is 1. The average molecular weight is 348 g/mol. The molecule has 0 saturated heterocycles. The smallest absolute Gasteiger partial charge is 0.203 e. The summed E-state index contributed by atoms with van der Waals surface area (Å²) in [4.78, 5) is 13.0. The van der Waals surface area contributed by atoms with Gasteiger partial charge in [-0.3, -0.25) is 9.48 Å². The summed E-state index contributed by atoms with van der Waals surface area (Å²) in [7, 11) is 0. The maximum atomic E-state index is 13.0. The zero-order chi connectivity index (χ0) is 14.8. The van der Waals surface area contributed by atoms with Crippen LogP contribution in [0.2, 0.25) is 0 Å². The molecule has 1 aromatic carbocycles. The Balaban J connectivity index is 1.99. The van der Waals surface area contributed by atoms with E-state index in [2.05, 4.69) is 39.3 Å². The fraction of sp³-hybridized carbons (Fsp3) is 0.375.